The Hall–Kier alpha value is -0.370. The third kappa shape index (κ3) is 7.07. The quantitative estimate of drug-likeness (QED) is 0.532. The average molecular weight is 199 g/mol. The third-order valence-electron chi connectivity index (χ3n) is 2.60. The second kappa shape index (κ2) is 9.20. The fraction of sp³-hybridized carbons (Fsp3) is 0.917. The molecule has 0 aromatic heterocycles. The minimum atomic E-state index is 0.407. The number of hydrogen-bond donors (Lipinski definition) is 0. The van der Waals surface area contributed by atoms with Gasteiger partial charge in [0.15, 0.2) is 0 Å². The van der Waals surface area contributed by atoms with Crippen LogP contribution < -0.4 is 0 Å². The van der Waals surface area contributed by atoms with Crippen LogP contribution in [0.2, 0.25) is 0 Å². The highest BCUT2D eigenvalue weighted by Gasteiger charge is 2.06. The maximum Gasteiger partial charge on any atom is 0.146 e. The van der Waals surface area contributed by atoms with Gasteiger partial charge in [-0.2, -0.15) is 0 Å². The van der Waals surface area contributed by atoms with E-state index in [2.05, 4.69) is 25.7 Å². The first-order chi connectivity index (χ1) is 6.74. The van der Waals surface area contributed by atoms with Gasteiger partial charge in [-0.05, 0) is 19.5 Å². The number of carbonyl (C=O) groups is 1. The monoisotopic (exact) mass is 199 g/mol. The Labute approximate surface area is 88.7 Å². The van der Waals surface area contributed by atoms with Crippen LogP contribution in [0.5, 0.6) is 0 Å². The number of likely N-dealkylation sites (N-methyl/N-ethyl adjacent to an activating group) is 1. The number of hydrogen-bond acceptors (Lipinski definition) is 2. The van der Waals surface area contributed by atoms with E-state index in [-0.39, 0.29) is 0 Å². The molecule has 0 atom stereocenters. The van der Waals surface area contributed by atoms with Crippen LogP contribution in [0.1, 0.15) is 52.9 Å². The van der Waals surface area contributed by atoms with Crippen LogP contribution in [0, 0.1) is 0 Å². The van der Waals surface area contributed by atoms with Crippen molar-refractivity contribution in [1.82, 2.24) is 4.90 Å². The maximum absolute atomic E-state index is 11.5. The summed E-state index contributed by atoms with van der Waals surface area (Å²) in [6.45, 7) is 9.02. The number of unbranched alkanes of at least 4 members (excludes halogenated alkanes) is 3. The van der Waals surface area contributed by atoms with E-state index >= 15 is 0 Å². The Bertz CT molecular complexity index is 141. The van der Waals surface area contributed by atoms with Gasteiger partial charge in [0.1, 0.15) is 5.78 Å². The zero-order chi connectivity index (χ0) is 10.8. The van der Waals surface area contributed by atoms with E-state index in [4.69, 9.17) is 0 Å². The SMILES string of the molecule is CCCCCCC(=O)CN(CC)CC. The topological polar surface area (TPSA) is 20.3 Å². The number of ketones is 1. The largest absolute Gasteiger partial charge is 0.298 e. The molecular formula is C12H25NO. The minimum Gasteiger partial charge on any atom is -0.298 e. The van der Waals surface area contributed by atoms with Crippen molar-refractivity contribution in [3.05, 3.63) is 0 Å². The molecule has 0 aromatic carbocycles. The molecule has 0 N–H and O–H groups in total. The van der Waals surface area contributed by atoms with E-state index in [1.54, 1.807) is 0 Å². The van der Waals surface area contributed by atoms with E-state index in [9.17, 15) is 4.79 Å². The lowest BCUT2D eigenvalue weighted by atomic mass is 10.1. The van der Waals surface area contributed by atoms with Crippen LogP contribution in [-0.2, 0) is 4.79 Å². The molecule has 0 spiro atoms. The molecule has 0 aliphatic rings. The lowest BCUT2D eigenvalue weighted by Gasteiger charge is -2.16. The minimum absolute atomic E-state index is 0.407. The number of carbonyl (C=O) groups excluding carboxylic acids is 1. The molecule has 14 heavy (non-hydrogen) atoms. The molecule has 0 amide bonds. The van der Waals surface area contributed by atoms with Crippen molar-refractivity contribution in [2.24, 2.45) is 0 Å². The standard InChI is InChI=1S/C12H25NO/c1-4-7-8-9-10-12(14)11-13(5-2)6-3/h4-11H2,1-3H3. The molecule has 0 radical (unpaired) electrons. The number of rotatable bonds is 9. The predicted molar refractivity (Wildman–Crippen MR) is 61.6 cm³/mol. The molecule has 84 valence electrons. The molecule has 0 saturated heterocycles. The Balaban J connectivity index is 3.44. The summed E-state index contributed by atoms with van der Waals surface area (Å²) >= 11 is 0. The van der Waals surface area contributed by atoms with Crippen LogP contribution in [0.15, 0.2) is 0 Å². The van der Waals surface area contributed by atoms with Gasteiger partial charge in [0.2, 0.25) is 0 Å². The normalized spacial score (nSPS) is 10.9. The summed E-state index contributed by atoms with van der Waals surface area (Å²) < 4.78 is 0. The van der Waals surface area contributed by atoms with Crippen molar-refractivity contribution in [1.29, 1.82) is 0 Å². The van der Waals surface area contributed by atoms with Crippen molar-refractivity contribution in [3.63, 3.8) is 0 Å². The van der Waals surface area contributed by atoms with E-state index in [1.807, 2.05) is 0 Å². The Kier molecular flexibility index (Phi) is 8.95. The lowest BCUT2D eigenvalue weighted by molar-refractivity contribution is -0.120. The Morgan fingerprint density at radius 1 is 1.00 bits per heavy atom. The van der Waals surface area contributed by atoms with Gasteiger partial charge in [-0.3, -0.25) is 9.69 Å². The smallest absolute Gasteiger partial charge is 0.146 e. The maximum atomic E-state index is 11.5. The van der Waals surface area contributed by atoms with Crippen molar-refractivity contribution in [2.45, 2.75) is 52.9 Å². The summed E-state index contributed by atoms with van der Waals surface area (Å²) in [4.78, 5) is 13.7. The molecule has 0 aliphatic carbocycles. The molecule has 0 aliphatic heterocycles. The lowest BCUT2D eigenvalue weighted by Crippen LogP contribution is -2.29. The van der Waals surface area contributed by atoms with E-state index in [0.717, 1.165) is 25.9 Å². The van der Waals surface area contributed by atoms with Crippen LogP contribution in [-0.4, -0.2) is 30.3 Å². The fourth-order valence-corrected chi connectivity index (χ4v) is 1.52. The predicted octanol–water partition coefficient (Wildman–Crippen LogP) is 2.87. The third-order valence-corrected chi connectivity index (χ3v) is 2.60. The van der Waals surface area contributed by atoms with E-state index in [0.29, 0.717) is 12.3 Å². The van der Waals surface area contributed by atoms with Gasteiger partial charge in [-0.25, -0.2) is 0 Å². The first-order valence-corrected chi connectivity index (χ1v) is 5.98. The molecule has 0 fully saturated rings. The summed E-state index contributed by atoms with van der Waals surface area (Å²) in [6.07, 6.45) is 5.56. The summed E-state index contributed by atoms with van der Waals surface area (Å²) in [7, 11) is 0. The van der Waals surface area contributed by atoms with Gasteiger partial charge in [-0.1, -0.05) is 40.0 Å². The fourth-order valence-electron chi connectivity index (χ4n) is 1.52. The van der Waals surface area contributed by atoms with Gasteiger partial charge < -0.3 is 0 Å². The van der Waals surface area contributed by atoms with Gasteiger partial charge in [0, 0.05) is 6.42 Å². The summed E-state index contributed by atoms with van der Waals surface area (Å²) in [5.41, 5.74) is 0. The van der Waals surface area contributed by atoms with Gasteiger partial charge >= 0.3 is 0 Å². The first-order valence-electron chi connectivity index (χ1n) is 5.98. The highest BCUT2D eigenvalue weighted by Crippen LogP contribution is 2.03. The zero-order valence-corrected chi connectivity index (χ0v) is 10.0. The zero-order valence-electron chi connectivity index (χ0n) is 10.0. The first kappa shape index (κ1) is 13.6. The highest BCUT2D eigenvalue weighted by molar-refractivity contribution is 5.80. The van der Waals surface area contributed by atoms with Crippen molar-refractivity contribution < 1.29 is 4.79 Å². The molecule has 0 bridgehead atoms. The molecule has 0 aromatic rings. The molecular weight excluding hydrogens is 174 g/mol. The second-order valence-electron chi connectivity index (χ2n) is 3.81. The summed E-state index contributed by atoms with van der Waals surface area (Å²) in [6, 6.07) is 0. The van der Waals surface area contributed by atoms with E-state index < -0.39 is 0 Å². The molecule has 0 heterocycles. The molecule has 0 saturated carbocycles. The van der Waals surface area contributed by atoms with Gasteiger partial charge in [0.05, 0.1) is 6.54 Å². The molecule has 0 rings (SSSR count). The molecule has 0 unspecified atom stereocenters. The van der Waals surface area contributed by atoms with Crippen molar-refractivity contribution in [3.8, 4) is 0 Å². The number of nitrogens with zero attached hydrogens (tertiary/aromatic N) is 1. The van der Waals surface area contributed by atoms with E-state index in [1.165, 1.54) is 19.3 Å². The van der Waals surface area contributed by atoms with Crippen molar-refractivity contribution in [2.75, 3.05) is 19.6 Å². The summed E-state index contributed by atoms with van der Waals surface area (Å²) in [5.74, 6) is 0.407. The molecule has 2 heteroatoms. The summed E-state index contributed by atoms with van der Waals surface area (Å²) in [5, 5.41) is 0. The Morgan fingerprint density at radius 2 is 1.64 bits per heavy atom. The van der Waals surface area contributed by atoms with Gasteiger partial charge in [0.25, 0.3) is 0 Å². The molecule has 2 nitrogen and oxygen atoms in total. The van der Waals surface area contributed by atoms with Crippen LogP contribution in [0.4, 0.5) is 0 Å². The van der Waals surface area contributed by atoms with Gasteiger partial charge in [-0.15, -0.1) is 0 Å². The number of Topliss-reactive ketones (excluding diaryl/α,β-unsaturated/α-hetero) is 1. The highest BCUT2D eigenvalue weighted by atomic mass is 16.1. The van der Waals surface area contributed by atoms with Crippen molar-refractivity contribution >= 4 is 5.78 Å². The Morgan fingerprint density at radius 3 is 2.14 bits per heavy atom. The second-order valence-corrected chi connectivity index (χ2v) is 3.81. The van der Waals surface area contributed by atoms with Crippen LogP contribution >= 0.6 is 0 Å². The average Bonchev–Trinajstić information content (AvgIpc) is 2.21. The van der Waals surface area contributed by atoms with Crippen LogP contribution in [0.25, 0.3) is 0 Å². The van der Waals surface area contributed by atoms with Crippen LogP contribution in [0.3, 0.4) is 0 Å².